The average Bonchev–Trinajstić information content (AvgIpc) is 2.64. The molecule has 8 heteroatoms. The highest BCUT2D eigenvalue weighted by Gasteiger charge is 2.16. The Morgan fingerprint density at radius 1 is 0.964 bits per heavy atom. The summed E-state index contributed by atoms with van der Waals surface area (Å²) in [4.78, 5) is 12.1. The Bertz CT molecular complexity index is 1110. The molecule has 0 atom stereocenters. The van der Waals surface area contributed by atoms with Gasteiger partial charge in [0.1, 0.15) is 16.4 Å². The van der Waals surface area contributed by atoms with Crippen LogP contribution in [0.15, 0.2) is 71.6 Å². The third-order valence-corrected chi connectivity index (χ3v) is 5.26. The highest BCUT2D eigenvalue weighted by atomic mass is 35.5. The van der Waals surface area contributed by atoms with Crippen LogP contribution < -0.4 is 15.2 Å². The predicted octanol–water partition coefficient (Wildman–Crippen LogP) is 4.34. The molecule has 0 fully saturated rings. The van der Waals surface area contributed by atoms with E-state index in [9.17, 15) is 13.2 Å². The normalized spacial score (nSPS) is 11.1. The molecule has 0 radical (unpaired) electrons. The first kappa shape index (κ1) is 19.9. The zero-order chi connectivity index (χ0) is 20.3. The van der Waals surface area contributed by atoms with Crippen molar-refractivity contribution < 1.29 is 17.9 Å². The molecule has 0 aliphatic carbocycles. The van der Waals surface area contributed by atoms with E-state index in [2.05, 4.69) is 5.32 Å². The van der Waals surface area contributed by atoms with Crippen LogP contribution in [0, 0.1) is 6.92 Å². The standard InChI is InChI=1S/C20H17ClN2O4S/c1-13-2-7-16(8-3-13)27-17-9-5-15(6-10-17)23-20(24)14-4-11-18(21)19(12-14)28(22,25)26/h2-12H,1H3,(H,23,24)(H2,22,25,26). The van der Waals surface area contributed by atoms with E-state index in [1.165, 1.54) is 12.1 Å². The molecule has 3 aromatic carbocycles. The maximum Gasteiger partial charge on any atom is 0.255 e. The van der Waals surface area contributed by atoms with Crippen LogP contribution in [0.5, 0.6) is 11.5 Å². The Balaban J connectivity index is 1.72. The number of hydrogen-bond donors (Lipinski definition) is 2. The first-order valence-corrected chi connectivity index (χ1v) is 10.1. The molecule has 0 spiro atoms. The van der Waals surface area contributed by atoms with E-state index in [1.54, 1.807) is 24.3 Å². The van der Waals surface area contributed by atoms with Crippen LogP contribution in [0.25, 0.3) is 0 Å². The summed E-state index contributed by atoms with van der Waals surface area (Å²) in [5, 5.41) is 7.75. The summed E-state index contributed by atoms with van der Waals surface area (Å²) in [5.74, 6) is 0.831. The van der Waals surface area contributed by atoms with Gasteiger partial charge in [-0.2, -0.15) is 0 Å². The van der Waals surface area contributed by atoms with Crippen LogP contribution in [0.4, 0.5) is 5.69 Å². The van der Waals surface area contributed by atoms with Gasteiger partial charge in [0.15, 0.2) is 0 Å². The molecule has 144 valence electrons. The number of carbonyl (C=O) groups excluding carboxylic acids is 1. The quantitative estimate of drug-likeness (QED) is 0.646. The lowest BCUT2D eigenvalue weighted by atomic mass is 10.2. The zero-order valence-corrected chi connectivity index (χ0v) is 16.4. The summed E-state index contributed by atoms with van der Waals surface area (Å²) in [5.41, 5.74) is 1.78. The number of rotatable bonds is 5. The minimum absolute atomic E-state index is 0.0448. The van der Waals surface area contributed by atoms with Gasteiger partial charge in [-0.1, -0.05) is 29.3 Å². The third-order valence-electron chi connectivity index (χ3n) is 3.87. The zero-order valence-electron chi connectivity index (χ0n) is 14.8. The fourth-order valence-corrected chi connectivity index (χ4v) is 3.49. The fraction of sp³-hybridized carbons (Fsp3) is 0.0500. The lowest BCUT2D eigenvalue weighted by Crippen LogP contribution is -2.16. The number of primary sulfonamides is 1. The highest BCUT2D eigenvalue weighted by Crippen LogP contribution is 2.25. The van der Waals surface area contributed by atoms with Crippen molar-refractivity contribution in [3.8, 4) is 11.5 Å². The number of aryl methyl sites for hydroxylation is 1. The van der Waals surface area contributed by atoms with Crippen LogP contribution in [-0.2, 0) is 10.0 Å². The van der Waals surface area contributed by atoms with Crippen molar-refractivity contribution in [2.45, 2.75) is 11.8 Å². The third kappa shape index (κ3) is 4.89. The minimum Gasteiger partial charge on any atom is -0.457 e. The summed E-state index contributed by atoms with van der Waals surface area (Å²) in [6, 6.07) is 18.3. The molecule has 28 heavy (non-hydrogen) atoms. The van der Waals surface area contributed by atoms with Gasteiger partial charge in [0.05, 0.1) is 5.02 Å². The van der Waals surface area contributed by atoms with Crippen molar-refractivity contribution in [3.63, 3.8) is 0 Å². The van der Waals surface area contributed by atoms with Gasteiger partial charge in [-0.15, -0.1) is 0 Å². The van der Waals surface area contributed by atoms with Crippen molar-refractivity contribution in [1.29, 1.82) is 0 Å². The molecule has 0 unspecified atom stereocenters. The Morgan fingerprint density at radius 3 is 2.11 bits per heavy atom. The smallest absolute Gasteiger partial charge is 0.255 e. The summed E-state index contributed by atoms with van der Waals surface area (Å²) >= 11 is 5.83. The van der Waals surface area contributed by atoms with E-state index < -0.39 is 15.9 Å². The number of nitrogens with two attached hydrogens (primary N) is 1. The van der Waals surface area contributed by atoms with Crippen LogP contribution in [0.3, 0.4) is 0 Å². The molecular formula is C20H17ClN2O4S. The van der Waals surface area contributed by atoms with Crippen molar-refractivity contribution in [2.24, 2.45) is 5.14 Å². The van der Waals surface area contributed by atoms with Gasteiger partial charge < -0.3 is 10.1 Å². The molecule has 6 nitrogen and oxygen atoms in total. The molecule has 1 amide bonds. The minimum atomic E-state index is -4.03. The summed E-state index contributed by atoms with van der Waals surface area (Å²) in [7, 11) is -4.03. The Morgan fingerprint density at radius 2 is 1.54 bits per heavy atom. The molecule has 0 aromatic heterocycles. The summed E-state index contributed by atoms with van der Waals surface area (Å²) in [6.45, 7) is 1.99. The van der Waals surface area contributed by atoms with Gasteiger partial charge in [0.2, 0.25) is 10.0 Å². The van der Waals surface area contributed by atoms with Crippen LogP contribution in [0.2, 0.25) is 5.02 Å². The average molecular weight is 417 g/mol. The summed E-state index contributed by atoms with van der Waals surface area (Å²) in [6.07, 6.45) is 0. The van der Waals surface area contributed by atoms with Gasteiger partial charge in [-0.05, 0) is 61.5 Å². The number of sulfonamides is 1. The molecule has 0 aliphatic heterocycles. The largest absolute Gasteiger partial charge is 0.457 e. The Kier molecular flexibility index (Phi) is 5.69. The predicted molar refractivity (Wildman–Crippen MR) is 108 cm³/mol. The molecule has 0 saturated heterocycles. The van der Waals surface area contributed by atoms with E-state index in [-0.39, 0.29) is 15.5 Å². The number of amides is 1. The Hall–Kier alpha value is -2.87. The second kappa shape index (κ2) is 8.02. The van der Waals surface area contributed by atoms with Gasteiger partial charge in [0, 0.05) is 11.3 Å². The first-order valence-electron chi connectivity index (χ1n) is 8.21. The van der Waals surface area contributed by atoms with E-state index in [0.717, 1.165) is 11.6 Å². The molecule has 3 aromatic rings. The molecule has 3 rings (SSSR count). The van der Waals surface area contributed by atoms with Gasteiger partial charge >= 0.3 is 0 Å². The van der Waals surface area contributed by atoms with E-state index in [4.69, 9.17) is 21.5 Å². The van der Waals surface area contributed by atoms with Gasteiger partial charge in [-0.25, -0.2) is 13.6 Å². The second-order valence-electron chi connectivity index (χ2n) is 6.08. The lowest BCUT2D eigenvalue weighted by Gasteiger charge is -2.09. The van der Waals surface area contributed by atoms with Crippen molar-refractivity contribution in [1.82, 2.24) is 0 Å². The van der Waals surface area contributed by atoms with Crippen LogP contribution >= 0.6 is 11.6 Å². The van der Waals surface area contributed by atoms with Crippen LogP contribution in [-0.4, -0.2) is 14.3 Å². The van der Waals surface area contributed by atoms with E-state index in [0.29, 0.717) is 17.2 Å². The maximum atomic E-state index is 12.4. The molecular weight excluding hydrogens is 400 g/mol. The number of halogens is 1. The number of benzene rings is 3. The molecule has 0 aliphatic rings. The number of carbonyl (C=O) groups is 1. The first-order chi connectivity index (χ1) is 13.2. The highest BCUT2D eigenvalue weighted by molar-refractivity contribution is 7.89. The molecule has 0 saturated carbocycles. The molecule has 0 bridgehead atoms. The molecule has 3 N–H and O–H groups in total. The second-order valence-corrected chi connectivity index (χ2v) is 8.02. The maximum absolute atomic E-state index is 12.4. The number of nitrogens with one attached hydrogen (secondary N) is 1. The van der Waals surface area contributed by atoms with Crippen molar-refractivity contribution in [3.05, 3.63) is 82.9 Å². The van der Waals surface area contributed by atoms with Crippen molar-refractivity contribution in [2.75, 3.05) is 5.32 Å². The van der Waals surface area contributed by atoms with Crippen molar-refractivity contribution >= 4 is 33.2 Å². The van der Waals surface area contributed by atoms with Gasteiger partial charge in [-0.3, -0.25) is 4.79 Å². The monoisotopic (exact) mass is 416 g/mol. The van der Waals surface area contributed by atoms with E-state index >= 15 is 0 Å². The SMILES string of the molecule is Cc1ccc(Oc2ccc(NC(=O)c3ccc(Cl)c(S(N)(=O)=O)c3)cc2)cc1. The summed E-state index contributed by atoms with van der Waals surface area (Å²) < 4.78 is 28.8. The number of anilines is 1. The number of ether oxygens (including phenoxy) is 1. The van der Waals surface area contributed by atoms with Gasteiger partial charge in [0.25, 0.3) is 5.91 Å². The lowest BCUT2D eigenvalue weighted by molar-refractivity contribution is 0.102. The number of hydrogen-bond acceptors (Lipinski definition) is 4. The fourth-order valence-electron chi connectivity index (χ4n) is 2.41. The van der Waals surface area contributed by atoms with Crippen LogP contribution in [0.1, 0.15) is 15.9 Å². The molecule has 0 heterocycles. The Labute approximate surface area is 168 Å². The topological polar surface area (TPSA) is 98.5 Å². The van der Waals surface area contributed by atoms with E-state index in [1.807, 2.05) is 31.2 Å².